The number of nitroso groups, excluding NO2 is 1. The third-order valence-electron chi connectivity index (χ3n) is 3.02. The van der Waals surface area contributed by atoms with Crippen LogP contribution in [-0.4, -0.2) is 23.0 Å². The Morgan fingerprint density at radius 3 is 2.83 bits per heavy atom. The van der Waals surface area contributed by atoms with Crippen LogP contribution in [0.1, 0.15) is 27.6 Å². The number of nitrogens with one attached hydrogen (secondary N) is 1. The minimum Gasteiger partial charge on any atom is -0.494 e. The normalized spacial score (nSPS) is 10.2. The number of aromatic nitrogens is 2. The van der Waals surface area contributed by atoms with Crippen LogP contribution in [0.2, 0.25) is 0 Å². The Morgan fingerprint density at radius 2 is 2.13 bits per heavy atom. The van der Waals surface area contributed by atoms with Crippen LogP contribution >= 0.6 is 0 Å². The number of methoxy groups -OCH3 is 1. The van der Waals surface area contributed by atoms with Crippen LogP contribution in [0.4, 0.5) is 4.39 Å². The van der Waals surface area contributed by atoms with Gasteiger partial charge in [-0.25, -0.2) is 14.4 Å². The molecule has 0 aliphatic rings. The van der Waals surface area contributed by atoms with Gasteiger partial charge in [0.2, 0.25) is 0 Å². The molecular weight excluding hydrogens is 303 g/mol. The SMILES string of the molecule is COc1cc(CNC(=O)c2cc(CN=O)nc(C)n2)ccc1F. The van der Waals surface area contributed by atoms with E-state index >= 15 is 0 Å². The minimum atomic E-state index is -0.472. The summed E-state index contributed by atoms with van der Waals surface area (Å²) in [4.78, 5) is 30.5. The van der Waals surface area contributed by atoms with Crippen LogP contribution < -0.4 is 10.1 Å². The number of carbonyl (C=O) groups is 1. The van der Waals surface area contributed by atoms with Gasteiger partial charge >= 0.3 is 0 Å². The molecule has 0 saturated heterocycles. The van der Waals surface area contributed by atoms with Crippen molar-refractivity contribution < 1.29 is 13.9 Å². The highest BCUT2D eigenvalue weighted by atomic mass is 19.1. The van der Waals surface area contributed by atoms with Crippen molar-refractivity contribution in [3.63, 3.8) is 0 Å². The number of nitrogens with zero attached hydrogens (tertiary/aromatic N) is 3. The molecule has 1 N–H and O–H groups in total. The van der Waals surface area contributed by atoms with E-state index in [9.17, 15) is 14.1 Å². The maximum absolute atomic E-state index is 13.3. The highest BCUT2D eigenvalue weighted by Crippen LogP contribution is 2.18. The van der Waals surface area contributed by atoms with Crippen molar-refractivity contribution in [2.75, 3.05) is 7.11 Å². The smallest absolute Gasteiger partial charge is 0.270 e. The van der Waals surface area contributed by atoms with E-state index in [1.54, 1.807) is 13.0 Å². The van der Waals surface area contributed by atoms with Gasteiger partial charge in [-0.05, 0) is 30.7 Å². The Bertz CT molecular complexity index is 737. The average molecular weight is 318 g/mol. The minimum absolute atomic E-state index is 0.106. The van der Waals surface area contributed by atoms with Gasteiger partial charge in [0.25, 0.3) is 5.91 Å². The molecular formula is C15H15FN4O3. The van der Waals surface area contributed by atoms with Gasteiger partial charge in [0.05, 0.1) is 12.8 Å². The molecule has 0 unspecified atom stereocenters. The molecule has 1 amide bonds. The number of halogens is 1. The average Bonchev–Trinajstić information content (AvgIpc) is 2.53. The Morgan fingerprint density at radius 1 is 1.35 bits per heavy atom. The molecule has 0 fully saturated rings. The van der Waals surface area contributed by atoms with Gasteiger partial charge in [0, 0.05) is 6.54 Å². The van der Waals surface area contributed by atoms with Gasteiger partial charge in [-0.15, -0.1) is 0 Å². The van der Waals surface area contributed by atoms with Gasteiger partial charge < -0.3 is 10.1 Å². The van der Waals surface area contributed by atoms with Crippen LogP contribution in [-0.2, 0) is 13.1 Å². The molecule has 2 aromatic rings. The van der Waals surface area contributed by atoms with E-state index < -0.39 is 11.7 Å². The molecule has 1 aromatic heterocycles. The zero-order valence-corrected chi connectivity index (χ0v) is 12.7. The van der Waals surface area contributed by atoms with E-state index in [1.165, 1.54) is 25.3 Å². The highest BCUT2D eigenvalue weighted by molar-refractivity contribution is 5.92. The second kappa shape index (κ2) is 7.39. The molecule has 120 valence electrons. The van der Waals surface area contributed by atoms with Gasteiger partial charge in [-0.1, -0.05) is 11.2 Å². The second-order valence-corrected chi connectivity index (χ2v) is 4.73. The lowest BCUT2D eigenvalue weighted by Gasteiger charge is -2.08. The Labute approximate surface area is 131 Å². The largest absolute Gasteiger partial charge is 0.494 e. The first-order valence-corrected chi connectivity index (χ1v) is 6.77. The van der Waals surface area contributed by atoms with E-state index in [2.05, 4.69) is 20.5 Å². The molecule has 2 rings (SSSR count). The van der Waals surface area contributed by atoms with E-state index in [-0.39, 0.29) is 24.5 Å². The third kappa shape index (κ3) is 4.29. The fourth-order valence-corrected chi connectivity index (χ4v) is 1.98. The lowest BCUT2D eigenvalue weighted by atomic mass is 10.2. The van der Waals surface area contributed by atoms with Crippen molar-refractivity contribution >= 4 is 5.91 Å². The number of carbonyl (C=O) groups excluding carboxylic acids is 1. The van der Waals surface area contributed by atoms with Crippen LogP contribution in [0.5, 0.6) is 5.75 Å². The molecule has 0 saturated carbocycles. The molecule has 23 heavy (non-hydrogen) atoms. The lowest BCUT2D eigenvalue weighted by Crippen LogP contribution is -2.24. The van der Waals surface area contributed by atoms with Crippen molar-refractivity contribution in [3.05, 3.63) is 57.8 Å². The van der Waals surface area contributed by atoms with Gasteiger partial charge in [-0.3, -0.25) is 4.79 Å². The standard InChI is InChI=1S/C15H15FN4O3/c1-9-19-11(8-18-22)6-13(20-9)15(21)17-7-10-3-4-12(16)14(5-10)23-2/h3-6H,7-8H2,1-2H3,(H,17,21). The summed E-state index contributed by atoms with van der Waals surface area (Å²) in [6, 6.07) is 5.73. The summed E-state index contributed by atoms with van der Waals surface area (Å²) in [5, 5.41) is 5.41. The van der Waals surface area contributed by atoms with Gasteiger partial charge in [0.15, 0.2) is 11.6 Å². The van der Waals surface area contributed by atoms with Gasteiger partial charge in [0.1, 0.15) is 18.1 Å². The van der Waals surface area contributed by atoms with E-state index in [1.807, 2.05) is 0 Å². The zero-order valence-electron chi connectivity index (χ0n) is 12.7. The first-order chi connectivity index (χ1) is 11.0. The topological polar surface area (TPSA) is 93.5 Å². The van der Waals surface area contributed by atoms with Crippen LogP contribution in [0.15, 0.2) is 29.4 Å². The summed E-state index contributed by atoms with van der Waals surface area (Å²) in [6.07, 6.45) is 0. The quantitative estimate of drug-likeness (QED) is 0.823. The molecule has 1 aromatic carbocycles. The third-order valence-corrected chi connectivity index (χ3v) is 3.02. The van der Waals surface area contributed by atoms with Gasteiger partial charge in [-0.2, -0.15) is 4.91 Å². The Hall–Kier alpha value is -2.90. The van der Waals surface area contributed by atoms with E-state index in [0.29, 0.717) is 17.1 Å². The number of hydrogen-bond acceptors (Lipinski definition) is 6. The fourth-order valence-electron chi connectivity index (χ4n) is 1.98. The molecule has 7 nitrogen and oxygen atoms in total. The van der Waals surface area contributed by atoms with Crippen molar-refractivity contribution in [1.82, 2.24) is 15.3 Å². The van der Waals surface area contributed by atoms with Crippen molar-refractivity contribution in [2.24, 2.45) is 5.18 Å². The Kier molecular flexibility index (Phi) is 5.29. The molecule has 8 heteroatoms. The number of amides is 1. The second-order valence-electron chi connectivity index (χ2n) is 4.73. The monoisotopic (exact) mass is 318 g/mol. The van der Waals surface area contributed by atoms with E-state index in [0.717, 1.165) is 0 Å². The van der Waals surface area contributed by atoms with Crippen LogP contribution in [0.25, 0.3) is 0 Å². The Balaban J connectivity index is 2.09. The highest BCUT2D eigenvalue weighted by Gasteiger charge is 2.11. The van der Waals surface area contributed by atoms with Crippen LogP contribution in [0.3, 0.4) is 0 Å². The number of ether oxygens (including phenoxy) is 1. The maximum atomic E-state index is 13.3. The molecule has 1 heterocycles. The molecule has 0 spiro atoms. The van der Waals surface area contributed by atoms with E-state index in [4.69, 9.17) is 4.74 Å². The summed E-state index contributed by atoms with van der Waals surface area (Å²) in [5.74, 6) is -0.417. The first kappa shape index (κ1) is 16.5. The predicted octanol–water partition coefficient (Wildman–Crippen LogP) is 2.13. The van der Waals surface area contributed by atoms with Crippen molar-refractivity contribution in [2.45, 2.75) is 20.0 Å². The number of aryl methyl sites for hydroxylation is 1. The zero-order chi connectivity index (χ0) is 16.8. The predicted molar refractivity (Wildman–Crippen MR) is 80.4 cm³/mol. The number of rotatable bonds is 6. The molecule has 0 aliphatic heterocycles. The maximum Gasteiger partial charge on any atom is 0.270 e. The summed E-state index contributed by atoms with van der Waals surface area (Å²) >= 11 is 0. The summed E-state index contributed by atoms with van der Waals surface area (Å²) < 4.78 is 18.2. The van der Waals surface area contributed by atoms with Crippen LogP contribution in [0, 0.1) is 17.6 Å². The molecule has 0 aliphatic carbocycles. The molecule has 0 radical (unpaired) electrons. The fraction of sp³-hybridized carbons (Fsp3) is 0.267. The molecule has 0 atom stereocenters. The van der Waals surface area contributed by atoms with Crippen molar-refractivity contribution in [1.29, 1.82) is 0 Å². The molecule has 0 bridgehead atoms. The first-order valence-electron chi connectivity index (χ1n) is 6.77. The number of benzene rings is 1. The summed E-state index contributed by atoms with van der Waals surface area (Å²) in [7, 11) is 1.37. The lowest BCUT2D eigenvalue weighted by molar-refractivity contribution is 0.0945. The van der Waals surface area contributed by atoms with Crippen molar-refractivity contribution in [3.8, 4) is 5.75 Å². The summed E-state index contributed by atoms with van der Waals surface area (Å²) in [6.45, 7) is 1.68. The number of hydrogen-bond donors (Lipinski definition) is 1. The summed E-state index contributed by atoms with van der Waals surface area (Å²) in [5.41, 5.74) is 1.20.